The van der Waals surface area contributed by atoms with Gasteiger partial charge in [-0.2, -0.15) is 0 Å². The van der Waals surface area contributed by atoms with E-state index in [0.717, 1.165) is 18.5 Å². The molecule has 0 saturated heterocycles. The molecule has 2 aromatic rings. The van der Waals surface area contributed by atoms with Crippen LogP contribution >= 0.6 is 22.6 Å². The van der Waals surface area contributed by atoms with Gasteiger partial charge >= 0.3 is 0 Å². The molecule has 0 heterocycles. The Morgan fingerprint density at radius 1 is 1.17 bits per heavy atom. The fourth-order valence-corrected chi connectivity index (χ4v) is 3.10. The van der Waals surface area contributed by atoms with Crippen LogP contribution in [0.25, 0.3) is 0 Å². The van der Waals surface area contributed by atoms with E-state index in [2.05, 4.69) is 64.3 Å². The molecule has 2 nitrogen and oxygen atoms in total. The van der Waals surface area contributed by atoms with Crippen LogP contribution in [0.4, 0.5) is 11.4 Å². The largest absolute Gasteiger partial charge is 0.399 e. The highest BCUT2D eigenvalue weighted by Gasteiger charge is 2.22. The van der Waals surface area contributed by atoms with E-state index in [9.17, 15) is 0 Å². The lowest BCUT2D eigenvalue weighted by Crippen LogP contribution is -2.08. The molecule has 18 heavy (non-hydrogen) atoms. The van der Waals surface area contributed by atoms with Crippen molar-refractivity contribution in [2.45, 2.75) is 18.9 Å². The minimum atomic E-state index is 0.413. The summed E-state index contributed by atoms with van der Waals surface area (Å²) >= 11 is 2.37. The third-order valence-electron chi connectivity index (χ3n) is 3.45. The number of halogens is 1. The summed E-state index contributed by atoms with van der Waals surface area (Å²) in [7, 11) is 0. The number of rotatable bonds is 2. The van der Waals surface area contributed by atoms with Gasteiger partial charge < -0.3 is 11.1 Å². The maximum Gasteiger partial charge on any atom is 0.0520 e. The first-order valence-corrected chi connectivity index (χ1v) is 7.21. The van der Waals surface area contributed by atoms with Crippen molar-refractivity contribution in [1.82, 2.24) is 0 Å². The van der Waals surface area contributed by atoms with Crippen LogP contribution in [0.15, 0.2) is 42.5 Å². The predicted molar refractivity (Wildman–Crippen MR) is 84.7 cm³/mol. The van der Waals surface area contributed by atoms with Gasteiger partial charge in [0, 0.05) is 14.9 Å². The first-order valence-electron chi connectivity index (χ1n) is 6.13. The zero-order valence-electron chi connectivity index (χ0n) is 9.99. The normalized spacial score (nSPS) is 17.5. The highest BCUT2D eigenvalue weighted by molar-refractivity contribution is 14.1. The number of benzene rings is 2. The molecule has 1 atom stereocenters. The number of anilines is 2. The van der Waals surface area contributed by atoms with Crippen molar-refractivity contribution in [3.8, 4) is 0 Å². The van der Waals surface area contributed by atoms with Crippen LogP contribution < -0.4 is 11.1 Å². The third-order valence-corrected chi connectivity index (χ3v) is 4.39. The van der Waals surface area contributed by atoms with Gasteiger partial charge in [0.05, 0.1) is 6.04 Å². The molecule has 0 spiro atoms. The fourth-order valence-electron chi connectivity index (χ4n) is 2.55. The number of nitrogens with one attached hydrogen (secondary N) is 1. The predicted octanol–water partition coefficient (Wildman–Crippen LogP) is 3.97. The number of fused-ring (bicyclic) bond motifs is 1. The first kappa shape index (κ1) is 11.8. The lowest BCUT2D eigenvalue weighted by molar-refractivity contribution is 0.761. The average molecular weight is 350 g/mol. The van der Waals surface area contributed by atoms with Crippen LogP contribution in [0.3, 0.4) is 0 Å². The Balaban J connectivity index is 1.87. The van der Waals surface area contributed by atoms with Gasteiger partial charge in [0.25, 0.3) is 0 Å². The van der Waals surface area contributed by atoms with Crippen molar-refractivity contribution in [1.29, 1.82) is 0 Å². The second-order valence-electron chi connectivity index (χ2n) is 4.67. The Hall–Kier alpha value is -1.23. The van der Waals surface area contributed by atoms with Gasteiger partial charge in [0.15, 0.2) is 0 Å². The minimum Gasteiger partial charge on any atom is -0.399 e. The van der Waals surface area contributed by atoms with Gasteiger partial charge in [-0.15, -0.1) is 0 Å². The van der Waals surface area contributed by atoms with Crippen LogP contribution in [0.2, 0.25) is 0 Å². The molecule has 2 aromatic carbocycles. The van der Waals surface area contributed by atoms with Crippen molar-refractivity contribution in [3.05, 3.63) is 57.2 Å². The second-order valence-corrected chi connectivity index (χ2v) is 5.84. The highest BCUT2D eigenvalue weighted by atomic mass is 127. The summed E-state index contributed by atoms with van der Waals surface area (Å²) in [5.41, 5.74) is 10.7. The van der Waals surface area contributed by atoms with Gasteiger partial charge in [0.2, 0.25) is 0 Å². The molecule has 0 saturated carbocycles. The molecule has 0 aliphatic heterocycles. The SMILES string of the molecule is Nc1ccc2c(c1)CCC2Nc1ccccc1I. The molecular formula is C15H15IN2. The van der Waals surface area contributed by atoms with Crippen molar-refractivity contribution in [3.63, 3.8) is 0 Å². The molecular weight excluding hydrogens is 335 g/mol. The van der Waals surface area contributed by atoms with Crippen LogP contribution in [-0.4, -0.2) is 0 Å². The number of aryl methyl sites for hydroxylation is 1. The number of para-hydroxylation sites is 1. The molecule has 92 valence electrons. The minimum absolute atomic E-state index is 0.413. The summed E-state index contributed by atoms with van der Waals surface area (Å²) in [6.07, 6.45) is 2.26. The monoisotopic (exact) mass is 350 g/mol. The second kappa shape index (κ2) is 4.80. The van der Waals surface area contributed by atoms with Crippen molar-refractivity contribution in [2.24, 2.45) is 0 Å². The maximum atomic E-state index is 5.83. The van der Waals surface area contributed by atoms with E-state index in [0.29, 0.717) is 6.04 Å². The number of nitrogen functional groups attached to an aromatic ring is 1. The van der Waals surface area contributed by atoms with E-state index in [1.165, 1.54) is 20.4 Å². The van der Waals surface area contributed by atoms with Crippen LogP contribution in [-0.2, 0) is 6.42 Å². The summed E-state index contributed by atoms with van der Waals surface area (Å²) in [5.74, 6) is 0. The third kappa shape index (κ3) is 2.19. The average Bonchev–Trinajstić information content (AvgIpc) is 2.74. The Labute approximate surface area is 121 Å². The van der Waals surface area contributed by atoms with Crippen LogP contribution in [0.1, 0.15) is 23.6 Å². The molecule has 0 fully saturated rings. The van der Waals surface area contributed by atoms with E-state index in [1.807, 2.05) is 6.07 Å². The summed E-state index contributed by atoms with van der Waals surface area (Å²) in [5, 5.41) is 3.64. The van der Waals surface area contributed by atoms with E-state index in [1.54, 1.807) is 0 Å². The Bertz CT molecular complexity index is 580. The van der Waals surface area contributed by atoms with E-state index in [4.69, 9.17) is 5.73 Å². The topological polar surface area (TPSA) is 38.0 Å². The Kier molecular flexibility index (Phi) is 3.16. The number of hydrogen-bond acceptors (Lipinski definition) is 2. The van der Waals surface area contributed by atoms with Crippen LogP contribution in [0, 0.1) is 3.57 Å². The standard InChI is InChI=1S/C15H15IN2/c16-13-3-1-2-4-15(13)18-14-8-5-10-9-11(17)6-7-12(10)14/h1-4,6-7,9,14,18H,5,8,17H2. The summed E-state index contributed by atoms with van der Waals surface area (Å²) < 4.78 is 1.26. The van der Waals surface area contributed by atoms with Gasteiger partial charge in [-0.25, -0.2) is 0 Å². The summed E-state index contributed by atoms with van der Waals surface area (Å²) in [6, 6.07) is 15.1. The zero-order valence-corrected chi connectivity index (χ0v) is 12.1. The molecule has 3 heteroatoms. The molecule has 1 aliphatic carbocycles. The van der Waals surface area contributed by atoms with E-state index >= 15 is 0 Å². The van der Waals surface area contributed by atoms with Gasteiger partial charge in [-0.1, -0.05) is 18.2 Å². The van der Waals surface area contributed by atoms with Crippen LogP contribution in [0.5, 0.6) is 0 Å². The lowest BCUT2D eigenvalue weighted by Gasteiger charge is -2.16. The molecule has 1 unspecified atom stereocenters. The zero-order chi connectivity index (χ0) is 12.5. The molecule has 0 aromatic heterocycles. The van der Waals surface area contributed by atoms with Crippen molar-refractivity contribution >= 4 is 34.0 Å². The van der Waals surface area contributed by atoms with Gasteiger partial charge in [-0.3, -0.25) is 0 Å². The maximum absolute atomic E-state index is 5.83. The summed E-state index contributed by atoms with van der Waals surface area (Å²) in [6.45, 7) is 0. The molecule has 0 radical (unpaired) electrons. The number of nitrogens with two attached hydrogens (primary N) is 1. The Morgan fingerprint density at radius 2 is 2.00 bits per heavy atom. The molecule has 0 bridgehead atoms. The van der Waals surface area contributed by atoms with Gasteiger partial charge in [0.1, 0.15) is 0 Å². The smallest absolute Gasteiger partial charge is 0.0520 e. The van der Waals surface area contributed by atoms with E-state index < -0.39 is 0 Å². The summed E-state index contributed by atoms with van der Waals surface area (Å²) in [4.78, 5) is 0. The highest BCUT2D eigenvalue weighted by Crippen LogP contribution is 2.35. The molecule has 0 amide bonds. The quantitative estimate of drug-likeness (QED) is 0.635. The molecule has 3 rings (SSSR count). The first-order chi connectivity index (χ1) is 8.74. The lowest BCUT2D eigenvalue weighted by atomic mass is 10.1. The van der Waals surface area contributed by atoms with Crippen molar-refractivity contribution in [2.75, 3.05) is 11.1 Å². The molecule has 1 aliphatic rings. The van der Waals surface area contributed by atoms with Gasteiger partial charge in [-0.05, 0) is 70.8 Å². The fraction of sp³-hybridized carbons (Fsp3) is 0.200. The van der Waals surface area contributed by atoms with E-state index in [-0.39, 0.29) is 0 Å². The number of hydrogen-bond donors (Lipinski definition) is 2. The Morgan fingerprint density at radius 3 is 2.83 bits per heavy atom. The molecule has 3 N–H and O–H groups in total. The van der Waals surface area contributed by atoms with Crippen molar-refractivity contribution < 1.29 is 0 Å².